The zero-order valence-corrected chi connectivity index (χ0v) is 13.2. The minimum absolute atomic E-state index is 0.216. The molecule has 25 heavy (non-hydrogen) atoms. The third-order valence-corrected chi connectivity index (χ3v) is 3.34. The highest BCUT2D eigenvalue weighted by Gasteiger charge is 2.30. The molecule has 2 N–H and O–H groups in total. The Bertz CT molecular complexity index is 859. The van der Waals surface area contributed by atoms with E-state index in [2.05, 4.69) is 25.7 Å². The maximum atomic E-state index is 12.7. The van der Waals surface area contributed by atoms with Gasteiger partial charge in [0.05, 0.1) is 17.4 Å². The average molecular weight is 348 g/mol. The van der Waals surface area contributed by atoms with Crippen LogP contribution in [0, 0.1) is 0 Å². The second-order valence-corrected chi connectivity index (χ2v) is 5.34. The molecule has 0 unspecified atom stereocenters. The van der Waals surface area contributed by atoms with Crippen LogP contribution in [-0.2, 0) is 19.8 Å². The van der Waals surface area contributed by atoms with Crippen molar-refractivity contribution in [2.75, 3.05) is 10.6 Å². The molecular formula is C16H15F3N6. The van der Waals surface area contributed by atoms with Crippen LogP contribution in [0.25, 0.3) is 0 Å². The minimum atomic E-state index is -4.36. The number of hydrogen-bond donors (Lipinski definition) is 2. The van der Waals surface area contributed by atoms with Gasteiger partial charge in [-0.3, -0.25) is 4.68 Å². The van der Waals surface area contributed by atoms with Crippen molar-refractivity contribution < 1.29 is 13.2 Å². The molecule has 9 heteroatoms. The molecule has 130 valence electrons. The second-order valence-electron chi connectivity index (χ2n) is 5.34. The number of aromatic nitrogens is 4. The molecule has 0 spiro atoms. The average Bonchev–Trinajstić information content (AvgIpc) is 2.98. The molecule has 3 aromatic rings. The lowest BCUT2D eigenvalue weighted by molar-refractivity contribution is -0.137. The molecule has 0 aliphatic heterocycles. The van der Waals surface area contributed by atoms with Gasteiger partial charge in [-0.2, -0.15) is 23.3 Å². The van der Waals surface area contributed by atoms with Crippen molar-refractivity contribution in [1.82, 2.24) is 19.7 Å². The van der Waals surface area contributed by atoms with Gasteiger partial charge in [0, 0.05) is 26.0 Å². The Morgan fingerprint density at radius 3 is 2.76 bits per heavy atom. The van der Waals surface area contributed by atoms with Gasteiger partial charge >= 0.3 is 6.18 Å². The van der Waals surface area contributed by atoms with Gasteiger partial charge in [-0.1, -0.05) is 12.1 Å². The lowest BCUT2D eigenvalue weighted by Crippen LogP contribution is -2.07. The summed E-state index contributed by atoms with van der Waals surface area (Å²) >= 11 is 0. The summed E-state index contributed by atoms with van der Waals surface area (Å²) in [4.78, 5) is 8.37. The van der Waals surface area contributed by atoms with Crippen LogP contribution >= 0.6 is 0 Å². The molecule has 0 saturated heterocycles. The molecule has 0 atom stereocenters. The summed E-state index contributed by atoms with van der Waals surface area (Å²) in [6, 6.07) is 6.81. The van der Waals surface area contributed by atoms with Gasteiger partial charge in [0.1, 0.15) is 5.82 Å². The lowest BCUT2D eigenvalue weighted by atomic mass is 10.1. The van der Waals surface area contributed by atoms with Crippen LogP contribution in [0.3, 0.4) is 0 Å². The molecule has 0 aliphatic rings. The highest BCUT2D eigenvalue weighted by atomic mass is 19.4. The molecule has 0 saturated carbocycles. The molecule has 0 fully saturated rings. The van der Waals surface area contributed by atoms with Crippen LogP contribution in [0.1, 0.15) is 11.1 Å². The summed E-state index contributed by atoms with van der Waals surface area (Å²) in [5, 5.41) is 10.0. The van der Waals surface area contributed by atoms with Crippen LogP contribution in [0.5, 0.6) is 0 Å². The maximum absolute atomic E-state index is 12.7. The smallest absolute Gasteiger partial charge is 0.366 e. The van der Waals surface area contributed by atoms with Gasteiger partial charge in [-0.05, 0) is 23.8 Å². The van der Waals surface area contributed by atoms with Gasteiger partial charge < -0.3 is 10.6 Å². The van der Waals surface area contributed by atoms with Crippen LogP contribution in [0.4, 0.5) is 30.6 Å². The lowest BCUT2D eigenvalue weighted by Gasteiger charge is -2.10. The molecular weight excluding hydrogens is 333 g/mol. The van der Waals surface area contributed by atoms with Gasteiger partial charge in [-0.25, -0.2) is 4.98 Å². The Balaban J connectivity index is 1.66. The quantitative estimate of drug-likeness (QED) is 0.738. The molecule has 0 bridgehead atoms. The predicted octanol–water partition coefficient (Wildman–Crippen LogP) is 3.58. The van der Waals surface area contributed by atoms with E-state index >= 15 is 0 Å². The number of anilines is 3. The van der Waals surface area contributed by atoms with Crippen molar-refractivity contribution in [2.24, 2.45) is 7.05 Å². The molecule has 2 heterocycles. The fourth-order valence-electron chi connectivity index (χ4n) is 2.18. The van der Waals surface area contributed by atoms with Crippen LogP contribution < -0.4 is 10.6 Å². The first-order valence-corrected chi connectivity index (χ1v) is 7.39. The minimum Gasteiger partial charge on any atom is -0.366 e. The van der Waals surface area contributed by atoms with Crippen molar-refractivity contribution in [2.45, 2.75) is 12.7 Å². The Morgan fingerprint density at radius 2 is 2.04 bits per heavy atom. The Morgan fingerprint density at radius 1 is 1.20 bits per heavy atom. The van der Waals surface area contributed by atoms with E-state index in [4.69, 9.17) is 0 Å². The van der Waals surface area contributed by atoms with E-state index in [0.717, 1.165) is 17.8 Å². The number of nitrogens with one attached hydrogen (secondary N) is 2. The van der Waals surface area contributed by atoms with Crippen LogP contribution in [0.15, 0.2) is 48.9 Å². The Hall–Kier alpha value is -3.10. The summed E-state index contributed by atoms with van der Waals surface area (Å²) in [6.07, 6.45) is 0.601. The molecule has 1 aromatic carbocycles. The van der Waals surface area contributed by atoms with Crippen molar-refractivity contribution in [3.05, 3.63) is 60.0 Å². The zero-order valence-electron chi connectivity index (χ0n) is 13.2. The topological polar surface area (TPSA) is 67.7 Å². The van der Waals surface area contributed by atoms with E-state index in [1.54, 1.807) is 42.5 Å². The summed E-state index contributed by atoms with van der Waals surface area (Å²) < 4.78 is 39.8. The third kappa shape index (κ3) is 4.46. The van der Waals surface area contributed by atoms with Crippen molar-refractivity contribution in [3.63, 3.8) is 0 Å². The highest BCUT2D eigenvalue weighted by molar-refractivity contribution is 5.52. The third-order valence-electron chi connectivity index (χ3n) is 3.34. The monoisotopic (exact) mass is 348 g/mol. The van der Waals surface area contributed by atoms with E-state index in [1.807, 2.05) is 0 Å². The molecule has 0 amide bonds. The number of halogens is 3. The number of nitrogens with zero attached hydrogens (tertiary/aromatic N) is 4. The Kier molecular flexibility index (Phi) is 4.55. The van der Waals surface area contributed by atoms with Crippen molar-refractivity contribution in [1.29, 1.82) is 0 Å². The molecule has 2 aromatic heterocycles. The van der Waals surface area contributed by atoms with Crippen molar-refractivity contribution in [3.8, 4) is 0 Å². The molecule has 0 radical (unpaired) electrons. The largest absolute Gasteiger partial charge is 0.416 e. The standard InChI is InChI=1S/C16H15F3N6/c1-25-10-13(9-22-25)23-15-20-6-5-14(24-15)21-8-11-3-2-4-12(7-11)16(17,18)19/h2-7,9-10H,8H2,1H3,(H2,20,21,23,24). The molecule has 6 nitrogen and oxygen atoms in total. The summed E-state index contributed by atoms with van der Waals surface area (Å²) in [5.74, 6) is 0.862. The summed E-state index contributed by atoms with van der Waals surface area (Å²) in [5.41, 5.74) is 0.571. The van der Waals surface area contributed by atoms with E-state index in [9.17, 15) is 13.2 Å². The molecule has 0 aliphatic carbocycles. The zero-order chi connectivity index (χ0) is 17.9. The van der Waals surface area contributed by atoms with E-state index < -0.39 is 11.7 Å². The predicted molar refractivity (Wildman–Crippen MR) is 87.3 cm³/mol. The number of aryl methyl sites for hydroxylation is 1. The van der Waals surface area contributed by atoms with Gasteiger partial charge in [-0.15, -0.1) is 0 Å². The fraction of sp³-hybridized carbons (Fsp3) is 0.188. The van der Waals surface area contributed by atoms with Crippen LogP contribution in [0.2, 0.25) is 0 Å². The van der Waals surface area contributed by atoms with E-state index in [0.29, 0.717) is 17.3 Å². The van der Waals surface area contributed by atoms with E-state index in [1.165, 1.54) is 6.07 Å². The normalized spacial score (nSPS) is 11.4. The first kappa shape index (κ1) is 16.7. The Labute approximate surface area is 141 Å². The number of rotatable bonds is 5. The summed E-state index contributed by atoms with van der Waals surface area (Å²) in [7, 11) is 1.79. The second kappa shape index (κ2) is 6.80. The van der Waals surface area contributed by atoms with Gasteiger partial charge in [0.15, 0.2) is 0 Å². The number of benzene rings is 1. The van der Waals surface area contributed by atoms with E-state index in [-0.39, 0.29) is 6.54 Å². The number of alkyl halides is 3. The fourth-order valence-corrected chi connectivity index (χ4v) is 2.18. The van der Waals surface area contributed by atoms with Crippen LogP contribution in [-0.4, -0.2) is 19.7 Å². The highest BCUT2D eigenvalue weighted by Crippen LogP contribution is 2.29. The number of hydrogen-bond acceptors (Lipinski definition) is 5. The van der Waals surface area contributed by atoms with Gasteiger partial charge in [0.2, 0.25) is 5.95 Å². The summed E-state index contributed by atoms with van der Waals surface area (Å²) in [6.45, 7) is 0.216. The maximum Gasteiger partial charge on any atom is 0.416 e. The first-order chi connectivity index (χ1) is 11.9. The molecule has 3 rings (SSSR count). The first-order valence-electron chi connectivity index (χ1n) is 7.39. The SMILES string of the molecule is Cn1cc(Nc2nccc(NCc3cccc(C(F)(F)F)c3)n2)cn1. The van der Waals surface area contributed by atoms with Gasteiger partial charge in [0.25, 0.3) is 0 Å². The van der Waals surface area contributed by atoms with Crippen molar-refractivity contribution >= 4 is 17.5 Å².